The fourth-order valence-electron chi connectivity index (χ4n) is 1.29. The molecule has 0 aliphatic rings. The normalized spacial score (nSPS) is 10.7. The van der Waals surface area contributed by atoms with Crippen LogP contribution in [-0.2, 0) is 11.3 Å². The molecule has 0 saturated carbocycles. The van der Waals surface area contributed by atoms with Gasteiger partial charge in [0.2, 0.25) is 0 Å². The third-order valence-electron chi connectivity index (χ3n) is 2.06. The van der Waals surface area contributed by atoms with E-state index in [9.17, 15) is 0 Å². The molecule has 1 N–H and O–H groups in total. The van der Waals surface area contributed by atoms with Gasteiger partial charge in [-0.3, -0.25) is 4.68 Å². The molecule has 86 valence electrons. The zero-order valence-electron chi connectivity index (χ0n) is 9.35. The predicted octanol–water partition coefficient (Wildman–Crippen LogP) is 0.684. The maximum atomic E-state index is 5.24. The summed E-state index contributed by atoms with van der Waals surface area (Å²) in [5.41, 5.74) is 0. The van der Waals surface area contributed by atoms with Crippen LogP contribution in [0, 0.1) is 0 Å². The molecule has 0 bridgehead atoms. The van der Waals surface area contributed by atoms with Gasteiger partial charge in [-0.2, -0.15) is 0 Å². The standard InChI is InChI=1S/C10H20N4O/c1-2-15-10-4-6-11-5-3-8-14-9-7-12-13-14/h7,9,11H,2-6,8,10H2,1H3. The Hall–Kier alpha value is -0.940. The van der Waals surface area contributed by atoms with Gasteiger partial charge in [0, 0.05) is 26.0 Å². The molecule has 5 heteroatoms. The van der Waals surface area contributed by atoms with Crippen molar-refractivity contribution in [3.8, 4) is 0 Å². The Kier molecular flexibility index (Phi) is 6.77. The highest BCUT2D eigenvalue weighted by Gasteiger charge is 1.92. The lowest BCUT2D eigenvalue weighted by Gasteiger charge is -2.04. The SMILES string of the molecule is CCOCCCNCCCn1ccnn1. The molecule has 0 saturated heterocycles. The lowest BCUT2D eigenvalue weighted by Crippen LogP contribution is -2.19. The number of nitrogens with zero attached hydrogens (tertiary/aromatic N) is 3. The first kappa shape index (κ1) is 12.1. The first-order valence-corrected chi connectivity index (χ1v) is 5.56. The van der Waals surface area contributed by atoms with E-state index >= 15 is 0 Å². The minimum absolute atomic E-state index is 0.812. The Morgan fingerprint density at radius 2 is 2.20 bits per heavy atom. The first-order valence-electron chi connectivity index (χ1n) is 5.56. The number of ether oxygens (including phenoxy) is 1. The largest absolute Gasteiger partial charge is 0.382 e. The first-order chi connectivity index (χ1) is 7.43. The fraction of sp³-hybridized carbons (Fsp3) is 0.800. The molecule has 0 aromatic carbocycles. The van der Waals surface area contributed by atoms with Crippen molar-refractivity contribution in [2.75, 3.05) is 26.3 Å². The van der Waals surface area contributed by atoms with E-state index in [0.29, 0.717) is 0 Å². The molecule has 5 nitrogen and oxygen atoms in total. The van der Waals surface area contributed by atoms with Crippen molar-refractivity contribution in [3.05, 3.63) is 12.4 Å². The van der Waals surface area contributed by atoms with Crippen LogP contribution in [0.25, 0.3) is 0 Å². The summed E-state index contributed by atoms with van der Waals surface area (Å²) in [6.45, 7) is 6.66. The van der Waals surface area contributed by atoms with Gasteiger partial charge in [0.05, 0.1) is 6.20 Å². The van der Waals surface area contributed by atoms with Crippen LogP contribution >= 0.6 is 0 Å². The molecule has 1 heterocycles. The molecule has 0 atom stereocenters. The fourth-order valence-corrected chi connectivity index (χ4v) is 1.29. The van der Waals surface area contributed by atoms with Gasteiger partial charge in [0.25, 0.3) is 0 Å². The summed E-state index contributed by atoms with van der Waals surface area (Å²) < 4.78 is 7.09. The Morgan fingerprint density at radius 3 is 2.93 bits per heavy atom. The molecule has 0 radical (unpaired) electrons. The van der Waals surface area contributed by atoms with Gasteiger partial charge < -0.3 is 10.1 Å². The lowest BCUT2D eigenvalue weighted by molar-refractivity contribution is 0.145. The molecule has 0 spiro atoms. The molecule has 1 rings (SSSR count). The maximum absolute atomic E-state index is 5.24. The number of aromatic nitrogens is 3. The molecular formula is C10H20N4O. The minimum atomic E-state index is 0.812. The van der Waals surface area contributed by atoms with Crippen molar-refractivity contribution in [2.24, 2.45) is 0 Å². The van der Waals surface area contributed by atoms with E-state index in [0.717, 1.165) is 45.7 Å². The molecule has 0 aliphatic heterocycles. The van der Waals surface area contributed by atoms with Crippen LogP contribution < -0.4 is 5.32 Å². The zero-order chi connectivity index (χ0) is 10.8. The van der Waals surface area contributed by atoms with Gasteiger partial charge in [0.1, 0.15) is 0 Å². The average molecular weight is 212 g/mol. The smallest absolute Gasteiger partial charge is 0.0692 e. The molecule has 0 fully saturated rings. The number of hydrogen-bond donors (Lipinski definition) is 1. The van der Waals surface area contributed by atoms with Crippen molar-refractivity contribution in [1.29, 1.82) is 0 Å². The predicted molar refractivity (Wildman–Crippen MR) is 58.6 cm³/mol. The molecule has 0 unspecified atom stereocenters. The van der Waals surface area contributed by atoms with Crippen LogP contribution in [0.4, 0.5) is 0 Å². The second-order valence-corrected chi connectivity index (χ2v) is 3.32. The average Bonchev–Trinajstić information content (AvgIpc) is 2.75. The Morgan fingerprint density at radius 1 is 1.33 bits per heavy atom. The quantitative estimate of drug-likeness (QED) is 0.612. The number of rotatable bonds is 9. The van der Waals surface area contributed by atoms with Crippen LogP contribution in [0.3, 0.4) is 0 Å². The van der Waals surface area contributed by atoms with Gasteiger partial charge in [0.15, 0.2) is 0 Å². The highest BCUT2D eigenvalue weighted by atomic mass is 16.5. The van der Waals surface area contributed by atoms with Crippen molar-refractivity contribution in [3.63, 3.8) is 0 Å². The Bertz CT molecular complexity index is 225. The number of hydrogen-bond acceptors (Lipinski definition) is 4. The Balaban J connectivity index is 1.81. The van der Waals surface area contributed by atoms with Gasteiger partial charge in [-0.1, -0.05) is 5.21 Å². The summed E-state index contributed by atoms with van der Waals surface area (Å²) >= 11 is 0. The summed E-state index contributed by atoms with van der Waals surface area (Å²) in [6.07, 6.45) is 5.75. The highest BCUT2D eigenvalue weighted by Crippen LogP contribution is 1.86. The summed E-state index contributed by atoms with van der Waals surface area (Å²) in [4.78, 5) is 0. The molecule has 0 aliphatic carbocycles. The van der Waals surface area contributed by atoms with Gasteiger partial charge in [-0.25, -0.2) is 0 Å². The molecule has 1 aromatic rings. The van der Waals surface area contributed by atoms with Crippen LogP contribution in [-0.4, -0.2) is 41.3 Å². The van der Waals surface area contributed by atoms with Crippen molar-refractivity contribution < 1.29 is 4.74 Å². The van der Waals surface area contributed by atoms with E-state index < -0.39 is 0 Å². The maximum Gasteiger partial charge on any atom is 0.0692 e. The van der Waals surface area contributed by atoms with E-state index in [1.807, 2.05) is 17.8 Å². The summed E-state index contributed by atoms with van der Waals surface area (Å²) in [7, 11) is 0. The molecule has 1 aromatic heterocycles. The van der Waals surface area contributed by atoms with Crippen LogP contribution in [0.5, 0.6) is 0 Å². The Labute approximate surface area is 90.8 Å². The highest BCUT2D eigenvalue weighted by molar-refractivity contribution is 4.63. The van der Waals surface area contributed by atoms with Crippen LogP contribution in [0.15, 0.2) is 12.4 Å². The van der Waals surface area contributed by atoms with E-state index in [-0.39, 0.29) is 0 Å². The van der Waals surface area contributed by atoms with Gasteiger partial charge in [-0.05, 0) is 32.9 Å². The molecular weight excluding hydrogens is 192 g/mol. The summed E-state index contributed by atoms with van der Waals surface area (Å²) in [5, 5.41) is 11.0. The number of aryl methyl sites for hydroxylation is 1. The van der Waals surface area contributed by atoms with E-state index in [4.69, 9.17) is 4.74 Å². The van der Waals surface area contributed by atoms with Crippen LogP contribution in [0.2, 0.25) is 0 Å². The van der Waals surface area contributed by atoms with Gasteiger partial charge in [-0.15, -0.1) is 5.10 Å². The second kappa shape index (κ2) is 8.38. The van der Waals surface area contributed by atoms with E-state index in [2.05, 4.69) is 15.6 Å². The molecule has 15 heavy (non-hydrogen) atoms. The summed E-state index contributed by atoms with van der Waals surface area (Å²) in [6, 6.07) is 0. The third-order valence-corrected chi connectivity index (χ3v) is 2.06. The monoisotopic (exact) mass is 212 g/mol. The minimum Gasteiger partial charge on any atom is -0.382 e. The topological polar surface area (TPSA) is 52.0 Å². The van der Waals surface area contributed by atoms with Crippen LogP contribution in [0.1, 0.15) is 19.8 Å². The van der Waals surface area contributed by atoms with E-state index in [1.165, 1.54) is 0 Å². The zero-order valence-corrected chi connectivity index (χ0v) is 9.35. The van der Waals surface area contributed by atoms with Gasteiger partial charge >= 0.3 is 0 Å². The van der Waals surface area contributed by atoms with E-state index in [1.54, 1.807) is 6.20 Å². The molecule has 0 amide bonds. The van der Waals surface area contributed by atoms with Crippen molar-refractivity contribution >= 4 is 0 Å². The van der Waals surface area contributed by atoms with Crippen molar-refractivity contribution in [1.82, 2.24) is 20.3 Å². The van der Waals surface area contributed by atoms with Crippen molar-refractivity contribution in [2.45, 2.75) is 26.3 Å². The second-order valence-electron chi connectivity index (χ2n) is 3.32. The summed E-state index contributed by atoms with van der Waals surface area (Å²) in [5.74, 6) is 0. The number of nitrogens with one attached hydrogen (secondary N) is 1. The third kappa shape index (κ3) is 6.19. The lowest BCUT2D eigenvalue weighted by atomic mass is 10.4.